The SMILES string of the molecule is O=C(Nc1ccon1)c1ccc2c(c1)C1(CCC(O)(C(F)(F)F)CC1)C(C1CC1)N2S(=O)(=O)c1cccc(C(=O)N2CCC2)c1. The first-order valence-corrected chi connectivity index (χ1v) is 16.4. The highest BCUT2D eigenvalue weighted by Crippen LogP contribution is 2.62. The van der Waals surface area contributed by atoms with Crippen molar-refractivity contribution in [3.8, 4) is 0 Å². The summed E-state index contributed by atoms with van der Waals surface area (Å²) in [6.07, 6.45) is -2.81. The fraction of sp³-hybridized carbons (Fsp3) is 0.452. The molecule has 3 heterocycles. The predicted octanol–water partition coefficient (Wildman–Crippen LogP) is 4.87. The number of amides is 2. The summed E-state index contributed by atoms with van der Waals surface area (Å²) in [5.74, 6) is -0.791. The molecule has 2 aliphatic carbocycles. The lowest BCUT2D eigenvalue weighted by molar-refractivity contribution is -0.273. The average molecular weight is 645 g/mol. The lowest BCUT2D eigenvalue weighted by Crippen LogP contribution is -2.56. The molecule has 3 aromatic rings. The van der Waals surface area contributed by atoms with Crippen molar-refractivity contribution in [2.45, 2.75) is 73.1 Å². The Hall–Kier alpha value is -3.91. The molecule has 2 aliphatic heterocycles. The van der Waals surface area contributed by atoms with Crippen LogP contribution in [0.4, 0.5) is 24.7 Å². The van der Waals surface area contributed by atoms with Crippen LogP contribution < -0.4 is 9.62 Å². The molecule has 1 spiro atoms. The average Bonchev–Trinajstić information content (AvgIpc) is 3.61. The summed E-state index contributed by atoms with van der Waals surface area (Å²) in [6.45, 7) is 1.19. The smallest absolute Gasteiger partial charge is 0.380 e. The van der Waals surface area contributed by atoms with Gasteiger partial charge in [-0.2, -0.15) is 13.2 Å². The number of hydrogen-bond acceptors (Lipinski definition) is 7. The number of rotatable bonds is 6. The van der Waals surface area contributed by atoms with Crippen LogP contribution in [0.3, 0.4) is 0 Å². The molecule has 1 unspecified atom stereocenters. The van der Waals surface area contributed by atoms with Crippen LogP contribution >= 0.6 is 0 Å². The number of carbonyl (C=O) groups is 2. The molecular weight excluding hydrogens is 613 g/mol. The summed E-state index contributed by atoms with van der Waals surface area (Å²) in [7, 11) is -4.33. The van der Waals surface area contributed by atoms with Gasteiger partial charge >= 0.3 is 6.18 Å². The number of nitrogens with one attached hydrogen (secondary N) is 1. The van der Waals surface area contributed by atoms with E-state index in [0.717, 1.165) is 6.42 Å². The van der Waals surface area contributed by atoms with E-state index in [-0.39, 0.29) is 52.2 Å². The van der Waals surface area contributed by atoms with Crippen LogP contribution in [0, 0.1) is 5.92 Å². The number of halogens is 3. The summed E-state index contributed by atoms with van der Waals surface area (Å²) in [5.41, 5.74) is -2.85. The minimum atomic E-state index is -4.85. The second-order valence-electron chi connectivity index (χ2n) is 12.5. The first-order valence-electron chi connectivity index (χ1n) is 14.9. The number of aliphatic hydroxyl groups is 1. The van der Waals surface area contributed by atoms with Crippen molar-refractivity contribution in [2.24, 2.45) is 5.92 Å². The van der Waals surface area contributed by atoms with E-state index in [4.69, 9.17) is 4.52 Å². The summed E-state index contributed by atoms with van der Waals surface area (Å²) in [5, 5.41) is 16.9. The molecule has 1 atom stereocenters. The third kappa shape index (κ3) is 4.80. The minimum Gasteiger partial charge on any atom is -0.380 e. The van der Waals surface area contributed by atoms with E-state index in [1.54, 1.807) is 17.0 Å². The maximum absolute atomic E-state index is 14.6. The molecule has 14 heteroatoms. The van der Waals surface area contributed by atoms with Gasteiger partial charge in [0.1, 0.15) is 6.26 Å². The van der Waals surface area contributed by atoms with E-state index in [1.165, 1.54) is 47.0 Å². The van der Waals surface area contributed by atoms with Crippen molar-refractivity contribution in [1.82, 2.24) is 10.1 Å². The van der Waals surface area contributed by atoms with Gasteiger partial charge < -0.3 is 19.8 Å². The maximum atomic E-state index is 14.6. The summed E-state index contributed by atoms with van der Waals surface area (Å²) in [4.78, 5) is 27.7. The molecule has 2 N–H and O–H groups in total. The van der Waals surface area contributed by atoms with Gasteiger partial charge in [0.2, 0.25) is 0 Å². The molecule has 2 aromatic carbocycles. The van der Waals surface area contributed by atoms with E-state index in [9.17, 15) is 36.3 Å². The highest BCUT2D eigenvalue weighted by molar-refractivity contribution is 7.93. The Morgan fingerprint density at radius 3 is 2.33 bits per heavy atom. The Kier molecular flexibility index (Phi) is 6.82. The fourth-order valence-corrected chi connectivity index (χ4v) is 9.01. The number of nitrogens with zero attached hydrogens (tertiary/aromatic N) is 3. The van der Waals surface area contributed by atoms with Crippen molar-refractivity contribution in [1.29, 1.82) is 0 Å². The monoisotopic (exact) mass is 644 g/mol. The van der Waals surface area contributed by atoms with Crippen LogP contribution in [0.1, 0.15) is 71.2 Å². The molecule has 45 heavy (non-hydrogen) atoms. The van der Waals surface area contributed by atoms with Gasteiger partial charge in [0, 0.05) is 35.7 Å². The van der Waals surface area contributed by atoms with E-state index < -0.39 is 52.0 Å². The van der Waals surface area contributed by atoms with Crippen LogP contribution in [0.25, 0.3) is 0 Å². The van der Waals surface area contributed by atoms with Gasteiger partial charge in [-0.25, -0.2) is 8.42 Å². The summed E-state index contributed by atoms with van der Waals surface area (Å²) in [6, 6.07) is 11.1. The zero-order valence-corrected chi connectivity index (χ0v) is 24.9. The van der Waals surface area contributed by atoms with Gasteiger partial charge in [0.15, 0.2) is 11.4 Å². The number of fused-ring (bicyclic) bond motifs is 2. The summed E-state index contributed by atoms with van der Waals surface area (Å²) < 4.78 is 77.1. The molecule has 4 aliphatic rings. The molecule has 7 rings (SSSR count). The van der Waals surface area contributed by atoms with E-state index in [2.05, 4.69) is 10.5 Å². The number of aromatic nitrogens is 1. The Balaban J connectivity index is 1.33. The van der Waals surface area contributed by atoms with Crippen molar-refractivity contribution in [3.05, 3.63) is 71.5 Å². The number of anilines is 2. The van der Waals surface area contributed by atoms with Gasteiger partial charge in [-0.1, -0.05) is 11.2 Å². The maximum Gasteiger partial charge on any atom is 0.417 e. The van der Waals surface area contributed by atoms with Gasteiger partial charge in [-0.05, 0) is 92.8 Å². The van der Waals surface area contributed by atoms with Crippen LogP contribution in [-0.2, 0) is 15.4 Å². The number of hydrogen-bond donors (Lipinski definition) is 2. The van der Waals surface area contributed by atoms with Gasteiger partial charge in [0.25, 0.3) is 21.8 Å². The van der Waals surface area contributed by atoms with Crippen LogP contribution in [-0.4, -0.2) is 66.3 Å². The normalized spacial score (nSPS) is 26.4. The third-order valence-corrected chi connectivity index (χ3v) is 11.7. The van der Waals surface area contributed by atoms with Gasteiger partial charge in [-0.15, -0.1) is 0 Å². The molecule has 10 nitrogen and oxygen atoms in total. The molecule has 3 fully saturated rings. The van der Waals surface area contributed by atoms with Crippen molar-refractivity contribution >= 4 is 33.3 Å². The highest BCUT2D eigenvalue weighted by Gasteiger charge is 2.65. The fourth-order valence-electron chi connectivity index (χ4n) is 7.16. The van der Waals surface area contributed by atoms with E-state index in [1.807, 2.05) is 0 Å². The second-order valence-corrected chi connectivity index (χ2v) is 14.3. The van der Waals surface area contributed by atoms with E-state index >= 15 is 0 Å². The van der Waals surface area contributed by atoms with Crippen molar-refractivity contribution in [2.75, 3.05) is 22.7 Å². The number of sulfonamides is 1. The molecule has 2 saturated carbocycles. The minimum absolute atomic E-state index is 0.0991. The molecular formula is C31H31F3N4O6S. The summed E-state index contributed by atoms with van der Waals surface area (Å²) >= 11 is 0. The Bertz CT molecular complexity index is 1760. The number of benzene rings is 2. The van der Waals surface area contributed by atoms with Crippen LogP contribution in [0.5, 0.6) is 0 Å². The van der Waals surface area contributed by atoms with Gasteiger partial charge in [0.05, 0.1) is 16.6 Å². The lowest BCUT2D eigenvalue weighted by Gasteiger charge is -2.47. The third-order valence-electron chi connectivity index (χ3n) is 9.88. The second kappa shape index (κ2) is 10.3. The zero-order chi connectivity index (χ0) is 31.8. The largest absolute Gasteiger partial charge is 0.417 e. The lowest BCUT2D eigenvalue weighted by atomic mass is 9.61. The van der Waals surface area contributed by atoms with Gasteiger partial charge in [-0.3, -0.25) is 13.9 Å². The molecule has 238 valence electrons. The topological polar surface area (TPSA) is 133 Å². The zero-order valence-electron chi connectivity index (χ0n) is 24.1. The molecule has 0 bridgehead atoms. The number of alkyl halides is 3. The molecule has 1 saturated heterocycles. The Morgan fingerprint density at radius 2 is 1.73 bits per heavy atom. The highest BCUT2D eigenvalue weighted by atomic mass is 32.2. The first-order chi connectivity index (χ1) is 21.3. The van der Waals surface area contributed by atoms with Crippen molar-refractivity contribution < 1.29 is 40.8 Å². The van der Waals surface area contributed by atoms with E-state index in [0.29, 0.717) is 31.5 Å². The Labute approximate surface area is 257 Å². The molecule has 2 amide bonds. The standard InChI is InChI=1S/C31H31F3N4O6S/c32-31(33,34)30(41)12-10-29(11-13-30)23-18-20(27(39)35-25-9-16-44-36-25)7-8-24(23)38(26(29)19-5-6-19)45(42,43)22-4-1-3-21(17-22)28(40)37-14-2-15-37/h1,3-4,7-9,16-19,26,41H,2,5-6,10-15H2,(H,35,36,39). The number of carbonyl (C=O) groups excluding carboxylic acids is 2. The predicted molar refractivity (Wildman–Crippen MR) is 155 cm³/mol. The molecule has 0 radical (unpaired) electrons. The van der Waals surface area contributed by atoms with Crippen molar-refractivity contribution in [3.63, 3.8) is 0 Å². The number of likely N-dealkylation sites (tertiary alicyclic amines) is 1. The van der Waals surface area contributed by atoms with Crippen LogP contribution in [0.2, 0.25) is 0 Å². The Morgan fingerprint density at radius 1 is 1.00 bits per heavy atom. The quantitative estimate of drug-likeness (QED) is 0.392. The molecule has 1 aromatic heterocycles. The van der Waals surface area contributed by atoms with Crippen LogP contribution in [0.15, 0.2) is 64.2 Å². The first kappa shape index (κ1) is 29.8.